The van der Waals surface area contributed by atoms with Crippen LogP contribution in [0.5, 0.6) is 0 Å². The summed E-state index contributed by atoms with van der Waals surface area (Å²) >= 11 is 0. The van der Waals surface area contributed by atoms with Crippen molar-refractivity contribution >= 4 is 10.8 Å². The van der Waals surface area contributed by atoms with Gasteiger partial charge in [-0.3, -0.25) is 0 Å². The third kappa shape index (κ3) is 2.25. The highest BCUT2D eigenvalue weighted by Crippen LogP contribution is 2.40. The van der Waals surface area contributed by atoms with Crippen molar-refractivity contribution in [3.8, 4) is 0 Å². The largest absolute Gasteiger partial charge is 0.310 e. The zero-order valence-electron chi connectivity index (χ0n) is 12.9. The van der Waals surface area contributed by atoms with Crippen LogP contribution in [-0.4, -0.2) is 12.1 Å². The van der Waals surface area contributed by atoms with Crippen molar-refractivity contribution in [1.82, 2.24) is 5.32 Å². The van der Waals surface area contributed by atoms with Crippen LogP contribution in [0.2, 0.25) is 0 Å². The molecule has 0 amide bonds. The lowest BCUT2D eigenvalue weighted by Gasteiger charge is -2.43. The minimum atomic E-state index is 0.233. The van der Waals surface area contributed by atoms with Crippen LogP contribution >= 0.6 is 0 Å². The topological polar surface area (TPSA) is 12.0 Å². The first-order valence-electron chi connectivity index (χ1n) is 7.74. The molecule has 1 nitrogen and oxygen atoms in total. The first kappa shape index (κ1) is 13.6. The molecule has 2 aromatic carbocycles. The minimum absolute atomic E-state index is 0.233. The second-order valence-corrected chi connectivity index (χ2v) is 7.18. The molecule has 0 radical (unpaired) electrons. The average molecular weight is 267 g/mol. The normalized spacial score (nSPS) is 23.4. The van der Waals surface area contributed by atoms with Crippen LogP contribution < -0.4 is 5.32 Å². The van der Waals surface area contributed by atoms with Crippen molar-refractivity contribution in [3.05, 3.63) is 48.0 Å². The van der Waals surface area contributed by atoms with E-state index in [0.717, 1.165) is 13.0 Å². The maximum absolute atomic E-state index is 3.82. The summed E-state index contributed by atoms with van der Waals surface area (Å²) in [5.41, 5.74) is 1.99. The van der Waals surface area contributed by atoms with E-state index in [1.807, 2.05) is 0 Å². The third-order valence-electron chi connectivity index (χ3n) is 5.05. The first-order chi connectivity index (χ1) is 9.52. The van der Waals surface area contributed by atoms with Crippen molar-refractivity contribution in [3.63, 3.8) is 0 Å². The monoisotopic (exact) mass is 267 g/mol. The van der Waals surface area contributed by atoms with Gasteiger partial charge >= 0.3 is 0 Å². The van der Waals surface area contributed by atoms with Gasteiger partial charge < -0.3 is 5.32 Å². The van der Waals surface area contributed by atoms with Crippen LogP contribution in [0.1, 0.15) is 39.2 Å². The van der Waals surface area contributed by atoms with Gasteiger partial charge in [-0.05, 0) is 47.6 Å². The molecule has 106 valence electrons. The molecule has 1 aliphatic rings. The van der Waals surface area contributed by atoms with Gasteiger partial charge in [-0.15, -0.1) is 0 Å². The summed E-state index contributed by atoms with van der Waals surface area (Å²) in [6, 6.07) is 15.5. The van der Waals surface area contributed by atoms with E-state index in [4.69, 9.17) is 0 Å². The van der Waals surface area contributed by atoms with Gasteiger partial charge in [0.25, 0.3) is 0 Å². The smallest absolute Gasteiger partial charge is 0.0270 e. The van der Waals surface area contributed by atoms with E-state index < -0.39 is 0 Å². The molecular weight excluding hydrogens is 242 g/mol. The maximum Gasteiger partial charge on any atom is 0.0270 e. The summed E-state index contributed by atoms with van der Waals surface area (Å²) in [5.74, 6) is 0. The Kier molecular flexibility index (Phi) is 3.33. The maximum atomic E-state index is 3.82. The molecule has 20 heavy (non-hydrogen) atoms. The molecule has 0 saturated carbocycles. The molecular formula is C19H25N. The molecule has 1 heterocycles. The summed E-state index contributed by atoms with van der Waals surface area (Å²) in [6.07, 6.45) is 3.69. The highest BCUT2D eigenvalue weighted by atomic mass is 15.0. The number of fused-ring (bicyclic) bond motifs is 1. The molecule has 1 atom stereocenters. The summed E-state index contributed by atoms with van der Waals surface area (Å²) < 4.78 is 0. The lowest BCUT2D eigenvalue weighted by molar-refractivity contribution is 0.160. The van der Waals surface area contributed by atoms with E-state index in [1.54, 1.807) is 0 Å². The van der Waals surface area contributed by atoms with E-state index in [1.165, 1.54) is 29.2 Å². The second kappa shape index (κ2) is 4.89. The van der Waals surface area contributed by atoms with Crippen LogP contribution in [0, 0.1) is 5.41 Å². The molecule has 1 fully saturated rings. The summed E-state index contributed by atoms with van der Waals surface area (Å²) in [5, 5.41) is 6.59. The molecule has 2 aromatic rings. The van der Waals surface area contributed by atoms with Crippen molar-refractivity contribution in [1.29, 1.82) is 0 Å². The van der Waals surface area contributed by atoms with Crippen LogP contribution in [-0.2, 0) is 6.42 Å². The molecule has 3 rings (SSSR count). The van der Waals surface area contributed by atoms with E-state index in [9.17, 15) is 0 Å². The van der Waals surface area contributed by atoms with Crippen LogP contribution in [0.4, 0.5) is 0 Å². The Bertz CT molecular complexity index is 595. The van der Waals surface area contributed by atoms with Gasteiger partial charge in [-0.25, -0.2) is 0 Å². The highest BCUT2D eigenvalue weighted by molar-refractivity contribution is 5.85. The molecule has 1 unspecified atom stereocenters. The van der Waals surface area contributed by atoms with E-state index in [0.29, 0.717) is 0 Å². The Morgan fingerprint density at radius 2 is 1.80 bits per heavy atom. The molecule has 0 aromatic heterocycles. The van der Waals surface area contributed by atoms with Gasteiger partial charge in [-0.2, -0.15) is 0 Å². The fourth-order valence-electron chi connectivity index (χ4n) is 3.63. The Morgan fingerprint density at radius 3 is 2.50 bits per heavy atom. The molecule has 0 spiro atoms. The van der Waals surface area contributed by atoms with Gasteiger partial charge in [0.05, 0.1) is 0 Å². The molecule has 1 N–H and O–H groups in total. The average Bonchev–Trinajstić information content (AvgIpc) is 2.89. The second-order valence-electron chi connectivity index (χ2n) is 7.18. The Morgan fingerprint density at radius 1 is 1.05 bits per heavy atom. The number of hydrogen-bond donors (Lipinski definition) is 1. The van der Waals surface area contributed by atoms with E-state index in [-0.39, 0.29) is 11.0 Å². The van der Waals surface area contributed by atoms with Gasteiger partial charge in [-0.1, -0.05) is 63.2 Å². The lowest BCUT2D eigenvalue weighted by atomic mass is 9.69. The quantitative estimate of drug-likeness (QED) is 0.841. The lowest BCUT2D eigenvalue weighted by Crippen LogP contribution is -2.52. The predicted molar refractivity (Wildman–Crippen MR) is 87.1 cm³/mol. The van der Waals surface area contributed by atoms with Crippen molar-refractivity contribution < 1.29 is 0 Å². The van der Waals surface area contributed by atoms with Gasteiger partial charge in [0.1, 0.15) is 0 Å². The number of rotatable bonds is 2. The van der Waals surface area contributed by atoms with Crippen LogP contribution in [0.3, 0.4) is 0 Å². The number of benzene rings is 2. The Labute approximate surface area is 122 Å². The summed E-state index contributed by atoms with van der Waals surface area (Å²) in [4.78, 5) is 0. The van der Waals surface area contributed by atoms with E-state index >= 15 is 0 Å². The SMILES string of the molecule is CC(C)(C)C1(Cc2cccc3ccccc23)CCCN1. The van der Waals surface area contributed by atoms with Gasteiger partial charge in [0.2, 0.25) is 0 Å². The molecule has 1 aliphatic heterocycles. The number of hydrogen-bond acceptors (Lipinski definition) is 1. The Hall–Kier alpha value is -1.34. The van der Waals surface area contributed by atoms with Gasteiger partial charge in [0.15, 0.2) is 0 Å². The van der Waals surface area contributed by atoms with Crippen molar-refractivity contribution in [2.75, 3.05) is 6.54 Å². The molecule has 1 saturated heterocycles. The zero-order chi connectivity index (χ0) is 14.2. The van der Waals surface area contributed by atoms with E-state index in [2.05, 4.69) is 68.6 Å². The zero-order valence-corrected chi connectivity index (χ0v) is 12.9. The summed E-state index contributed by atoms with van der Waals surface area (Å²) in [7, 11) is 0. The molecule has 0 aliphatic carbocycles. The number of nitrogens with one attached hydrogen (secondary N) is 1. The highest BCUT2D eigenvalue weighted by Gasteiger charge is 2.43. The van der Waals surface area contributed by atoms with Gasteiger partial charge in [0, 0.05) is 5.54 Å². The third-order valence-corrected chi connectivity index (χ3v) is 5.05. The minimum Gasteiger partial charge on any atom is -0.310 e. The Balaban J connectivity index is 2.04. The predicted octanol–water partition coefficient (Wildman–Crippen LogP) is 4.55. The standard InChI is InChI=1S/C19H25N/c1-18(2,3)19(12-7-13-20-19)14-16-10-6-9-15-8-4-5-11-17(15)16/h4-6,8-11,20H,7,12-14H2,1-3H3. The fourth-order valence-corrected chi connectivity index (χ4v) is 3.63. The first-order valence-corrected chi connectivity index (χ1v) is 7.74. The fraction of sp³-hybridized carbons (Fsp3) is 0.474. The molecule has 0 bridgehead atoms. The van der Waals surface area contributed by atoms with Crippen molar-refractivity contribution in [2.24, 2.45) is 5.41 Å². The van der Waals surface area contributed by atoms with Crippen molar-refractivity contribution in [2.45, 2.75) is 45.6 Å². The van der Waals surface area contributed by atoms with Crippen LogP contribution in [0.15, 0.2) is 42.5 Å². The van der Waals surface area contributed by atoms with Crippen LogP contribution in [0.25, 0.3) is 10.8 Å². The molecule has 1 heteroatoms. The summed E-state index contributed by atoms with van der Waals surface area (Å²) in [6.45, 7) is 8.27.